The second kappa shape index (κ2) is 6.35. The molecule has 1 saturated heterocycles. The Morgan fingerprint density at radius 3 is 2.73 bits per heavy atom. The molecule has 22 heavy (non-hydrogen) atoms. The van der Waals surface area contributed by atoms with E-state index in [0.29, 0.717) is 11.3 Å². The number of benzene rings is 2. The standard InChI is InChI=1S/C18H21N3O/c1-13-16-6-4-3-5-15(16)11-18(17(13)12-19)22-14(2)21-9-7-20-8-10-21/h3-6,11,14,20H,7-10H2,1-2H3. The number of hydrogen-bond donors (Lipinski definition) is 1. The lowest BCUT2D eigenvalue weighted by atomic mass is 10.00. The van der Waals surface area contributed by atoms with E-state index >= 15 is 0 Å². The van der Waals surface area contributed by atoms with Gasteiger partial charge < -0.3 is 10.1 Å². The molecule has 4 heteroatoms. The van der Waals surface area contributed by atoms with Gasteiger partial charge in [-0.25, -0.2) is 0 Å². The van der Waals surface area contributed by atoms with Crippen LogP contribution in [-0.4, -0.2) is 37.3 Å². The molecule has 1 atom stereocenters. The average Bonchev–Trinajstić information content (AvgIpc) is 2.56. The summed E-state index contributed by atoms with van der Waals surface area (Å²) in [5.74, 6) is 0.685. The summed E-state index contributed by atoms with van der Waals surface area (Å²) in [6, 6.07) is 12.4. The molecule has 0 spiro atoms. The maximum absolute atomic E-state index is 9.53. The first-order valence-electron chi connectivity index (χ1n) is 7.74. The lowest BCUT2D eigenvalue weighted by molar-refractivity contribution is 0.0310. The second-order valence-electron chi connectivity index (χ2n) is 5.71. The zero-order valence-corrected chi connectivity index (χ0v) is 13.1. The highest BCUT2D eigenvalue weighted by molar-refractivity contribution is 5.89. The number of nitrogens with one attached hydrogen (secondary N) is 1. The first-order valence-corrected chi connectivity index (χ1v) is 7.74. The van der Waals surface area contributed by atoms with Gasteiger partial charge in [0.05, 0.1) is 5.56 Å². The fraction of sp³-hybridized carbons (Fsp3) is 0.389. The van der Waals surface area contributed by atoms with E-state index in [1.165, 1.54) is 0 Å². The van der Waals surface area contributed by atoms with Crippen molar-refractivity contribution in [1.29, 1.82) is 5.26 Å². The third-order valence-electron chi connectivity index (χ3n) is 4.35. The molecule has 4 nitrogen and oxygen atoms in total. The molecule has 1 aliphatic heterocycles. The molecule has 1 unspecified atom stereocenters. The van der Waals surface area contributed by atoms with Crippen molar-refractivity contribution < 1.29 is 4.74 Å². The Morgan fingerprint density at radius 2 is 2.00 bits per heavy atom. The van der Waals surface area contributed by atoms with Gasteiger partial charge in [-0.05, 0) is 36.2 Å². The second-order valence-corrected chi connectivity index (χ2v) is 5.71. The Morgan fingerprint density at radius 1 is 1.27 bits per heavy atom. The van der Waals surface area contributed by atoms with Crippen molar-refractivity contribution in [2.75, 3.05) is 26.2 Å². The molecule has 1 heterocycles. The number of piperazine rings is 1. The van der Waals surface area contributed by atoms with Gasteiger partial charge >= 0.3 is 0 Å². The molecule has 0 bridgehead atoms. The summed E-state index contributed by atoms with van der Waals surface area (Å²) in [5, 5.41) is 15.1. The van der Waals surface area contributed by atoms with E-state index in [1.54, 1.807) is 0 Å². The Hall–Kier alpha value is -2.09. The minimum Gasteiger partial charge on any atom is -0.474 e. The van der Waals surface area contributed by atoms with E-state index in [1.807, 2.05) is 25.1 Å². The van der Waals surface area contributed by atoms with Crippen molar-refractivity contribution in [3.63, 3.8) is 0 Å². The maximum atomic E-state index is 9.53. The highest BCUT2D eigenvalue weighted by Gasteiger charge is 2.20. The van der Waals surface area contributed by atoms with Gasteiger partial charge in [0.1, 0.15) is 18.0 Å². The van der Waals surface area contributed by atoms with Crippen molar-refractivity contribution >= 4 is 10.8 Å². The average molecular weight is 295 g/mol. The van der Waals surface area contributed by atoms with E-state index in [2.05, 4.69) is 35.3 Å². The molecule has 2 aromatic rings. The monoisotopic (exact) mass is 295 g/mol. The molecule has 1 fully saturated rings. The van der Waals surface area contributed by atoms with Crippen LogP contribution in [0.2, 0.25) is 0 Å². The van der Waals surface area contributed by atoms with Gasteiger partial charge in [-0.3, -0.25) is 4.90 Å². The van der Waals surface area contributed by atoms with Crippen molar-refractivity contribution in [3.05, 3.63) is 41.5 Å². The number of aryl methyl sites for hydroxylation is 1. The largest absolute Gasteiger partial charge is 0.474 e. The zero-order chi connectivity index (χ0) is 15.5. The molecule has 3 rings (SSSR count). The summed E-state index contributed by atoms with van der Waals surface area (Å²) in [7, 11) is 0. The smallest absolute Gasteiger partial charge is 0.149 e. The predicted molar refractivity (Wildman–Crippen MR) is 87.9 cm³/mol. The Balaban J connectivity index is 1.94. The fourth-order valence-electron chi connectivity index (χ4n) is 3.03. The van der Waals surface area contributed by atoms with Crippen molar-refractivity contribution in [2.24, 2.45) is 0 Å². The van der Waals surface area contributed by atoms with Gasteiger partial charge in [-0.15, -0.1) is 0 Å². The topological polar surface area (TPSA) is 48.3 Å². The first-order chi connectivity index (χ1) is 10.7. The summed E-state index contributed by atoms with van der Waals surface area (Å²) in [6.07, 6.45) is -0.0326. The van der Waals surface area contributed by atoms with Crippen LogP contribution < -0.4 is 10.1 Å². The Labute approximate surface area is 131 Å². The highest BCUT2D eigenvalue weighted by atomic mass is 16.5. The fourth-order valence-corrected chi connectivity index (χ4v) is 3.03. The molecule has 0 amide bonds. The van der Waals surface area contributed by atoms with Crippen LogP contribution in [0.15, 0.2) is 30.3 Å². The Bertz CT molecular complexity index is 714. The molecule has 1 aliphatic rings. The van der Waals surface area contributed by atoms with Gasteiger partial charge in [0, 0.05) is 26.2 Å². The lowest BCUT2D eigenvalue weighted by Crippen LogP contribution is -2.49. The molecule has 114 valence electrons. The van der Waals surface area contributed by atoms with Gasteiger partial charge in [-0.2, -0.15) is 5.26 Å². The van der Waals surface area contributed by atoms with E-state index in [-0.39, 0.29) is 6.23 Å². The number of nitrogens with zero attached hydrogens (tertiary/aromatic N) is 2. The summed E-state index contributed by atoms with van der Waals surface area (Å²) >= 11 is 0. The Kier molecular flexibility index (Phi) is 4.28. The SMILES string of the molecule is Cc1c(C#N)c(OC(C)N2CCNCC2)cc2ccccc12. The molecule has 0 saturated carbocycles. The third-order valence-corrected chi connectivity index (χ3v) is 4.35. The van der Waals surface area contributed by atoms with Crippen LogP contribution >= 0.6 is 0 Å². The number of ether oxygens (including phenoxy) is 1. The van der Waals surface area contributed by atoms with Crippen LogP contribution in [0.4, 0.5) is 0 Å². The van der Waals surface area contributed by atoms with E-state index < -0.39 is 0 Å². The molecule has 2 aromatic carbocycles. The number of fused-ring (bicyclic) bond motifs is 1. The third kappa shape index (κ3) is 2.78. The maximum Gasteiger partial charge on any atom is 0.149 e. The molecule has 1 N–H and O–H groups in total. The minimum absolute atomic E-state index is 0.0326. The van der Waals surface area contributed by atoms with Crippen LogP contribution in [0.1, 0.15) is 18.1 Å². The predicted octanol–water partition coefficient (Wildman–Crippen LogP) is 2.65. The highest BCUT2D eigenvalue weighted by Crippen LogP contribution is 2.31. The normalized spacial score (nSPS) is 17.1. The van der Waals surface area contributed by atoms with Gasteiger partial charge in [0.2, 0.25) is 0 Å². The van der Waals surface area contributed by atoms with Gasteiger partial charge in [0.15, 0.2) is 0 Å². The van der Waals surface area contributed by atoms with E-state index in [0.717, 1.165) is 42.5 Å². The van der Waals surface area contributed by atoms with Gasteiger partial charge in [0.25, 0.3) is 0 Å². The van der Waals surface area contributed by atoms with Crippen LogP contribution in [0, 0.1) is 18.3 Å². The number of nitriles is 1. The molecule has 0 radical (unpaired) electrons. The molecular formula is C18H21N3O. The van der Waals surface area contributed by atoms with Crippen LogP contribution in [-0.2, 0) is 0 Å². The van der Waals surface area contributed by atoms with Crippen molar-refractivity contribution in [2.45, 2.75) is 20.1 Å². The van der Waals surface area contributed by atoms with E-state index in [9.17, 15) is 5.26 Å². The quantitative estimate of drug-likeness (QED) is 0.945. The summed E-state index contributed by atoms with van der Waals surface area (Å²) in [4.78, 5) is 2.29. The zero-order valence-electron chi connectivity index (χ0n) is 13.1. The summed E-state index contributed by atoms with van der Waals surface area (Å²) < 4.78 is 6.14. The van der Waals surface area contributed by atoms with Crippen LogP contribution in [0.3, 0.4) is 0 Å². The summed E-state index contributed by atoms with van der Waals surface area (Å²) in [6.45, 7) is 7.94. The number of rotatable bonds is 3. The van der Waals surface area contributed by atoms with E-state index in [4.69, 9.17) is 4.74 Å². The molecule has 0 aliphatic carbocycles. The number of hydrogen-bond acceptors (Lipinski definition) is 4. The van der Waals surface area contributed by atoms with Gasteiger partial charge in [-0.1, -0.05) is 24.3 Å². The molecular weight excluding hydrogens is 274 g/mol. The van der Waals surface area contributed by atoms with Crippen LogP contribution in [0.25, 0.3) is 10.8 Å². The summed E-state index contributed by atoms with van der Waals surface area (Å²) in [5.41, 5.74) is 1.63. The van der Waals surface area contributed by atoms with Crippen molar-refractivity contribution in [1.82, 2.24) is 10.2 Å². The molecule has 0 aromatic heterocycles. The van der Waals surface area contributed by atoms with Crippen LogP contribution in [0.5, 0.6) is 5.75 Å². The lowest BCUT2D eigenvalue weighted by Gasteiger charge is -2.33. The van der Waals surface area contributed by atoms with Crippen molar-refractivity contribution in [3.8, 4) is 11.8 Å². The first kappa shape index (κ1) is 14.8. The minimum atomic E-state index is -0.0326.